The Labute approximate surface area is 114 Å². The van der Waals surface area contributed by atoms with Crippen LogP contribution >= 0.6 is 11.6 Å². The highest BCUT2D eigenvalue weighted by atomic mass is 35.5. The summed E-state index contributed by atoms with van der Waals surface area (Å²) in [7, 11) is 0. The van der Waals surface area contributed by atoms with Gasteiger partial charge in [0.2, 0.25) is 13.7 Å². The van der Waals surface area contributed by atoms with Crippen LogP contribution in [-0.4, -0.2) is 13.7 Å². The van der Waals surface area contributed by atoms with Crippen LogP contribution in [0.4, 0.5) is 8.78 Å². The van der Waals surface area contributed by atoms with E-state index in [1.807, 2.05) is 0 Å². The molecule has 0 fully saturated rings. The molecule has 19 heavy (non-hydrogen) atoms. The van der Waals surface area contributed by atoms with Gasteiger partial charge in [0.05, 0.1) is 0 Å². The minimum atomic E-state index is -0.959. The molecule has 5 heteroatoms. The normalized spacial score (nSPS) is 10.3. The summed E-state index contributed by atoms with van der Waals surface area (Å²) >= 11 is 5.81. The molecule has 2 aromatic rings. The first-order chi connectivity index (χ1) is 9.22. The Morgan fingerprint density at radius 1 is 0.789 bits per heavy atom. The number of benzene rings is 2. The summed E-state index contributed by atoms with van der Waals surface area (Å²) in [5.41, 5.74) is 1.57. The Balaban J connectivity index is 2.40. The van der Waals surface area contributed by atoms with E-state index >= 15 is 0 Å². The van der Waals surface area contributed by atoms with Gasteiger partial charge in [-0.25, -0.2) is 8.78 Å². The maximum absolute atomic E-state index is 12.2. The second-order valence-electron chi connectivity index (χ2n) is 3.71. The molecule has 0 atom stereocenters. The van der Waals surface area contributed by atoms with Crippen molar-refractivity contribution in [3.63, 3.8) is 0 Å². The highest BCUT2D eigenvalue weighted by Crippen LogP contribution is 2.30. The van der Waals surface area contributed by atoms with Crippen molar-refractivity contribution in [3.8, 4) is 22.6 Å². The van der Waals surface area contributed by atoms with Crippen molar-refractivity contribution in [1.82, 2.24) is 0 Å². The molecule has 2 nitrogen and oxygen atoms in total. The molecule has 0 spiro atoms. The summed E-state index contributed by atoms with van der Waals surface area (Å²) in [6, 6.07) is 11.8. The molecule has 0 bridgehead atoms. The molecule has 0 unspecified atom stereocenters. The Bertz CT molecular complexity index is 519. The fourth-order valence-corrected chi connectivity index (χ4v) is 1.80. The summed E-state index contributed by atoms with van der Waals surface area (Å²) in [6.45, 7) is -1.92. The van der Waals surface area contributed by atoms with Crippen LogP contribution in [0.1, 0.15) is 0 Å². The topological polar surface area (TPSA) is 18.5 Å². The maximum atomic E-state index is 12.2. The fourth-order valence-electron chi connectivity index (χ4n) is 1.67. The van der Waals surface area contributed by atoms with Crippen LogP contribution in [-0.2, 0) is 0 Å². The number of hydrogen-bond acceptors (Lipinski definition) is 2. The summed E-state index contributed by atoms with van der Waals surface area (Å²) < 4.78 is 34.0. The second kappa shape index (κ2) is 6.38. The van der Waals surface area contributed by atoms with Crippen molar-refractivity contribution in [3.05, 3.63) is 47.5 Å². The predicted molar refractivity (Wildman–Crippen MR) is 70.1 cm³/mol. The van der Waals surface area contributed by atoms with E-state index in [1.165, 1.54) is 6.07 Å². The van der Waals surface area contributed by atoms with E-state index in [1.54, 1.807) is 36.4 Å². The number of alkyl halides is 2. The van der Waals surface area contributed by atoms with Crippen molar-refractivity contribution >= 4 is 11.6 Å². The highest BCUT2D eigenvalue weighted by molar-refractivity contribution is 6.30. The molecule has 0 heterocycles. The van der Waals surface area contributed by atoms with Crippen LogP contribution in [0.25, 0.3) is 11.1 Å². The third-order valence-corrected chi connectivity index (χ3v) is 2.75. The lowest BCUT2D eigenvalue weighted by atomic mass is 10.1. The van der Waals surface area contributed by atoms with Gasteiger partial charge in [0.25, 0.3) is 0 Å². The van der Waals surface area contributed by atoms with Gasteiger partial charge in [-0.15, -0.1) is 0 Å². The molecule has 0 N–H and O–H groups in total. The number of rotatable bonds is 5. The molecular weight excluding hydrogens is 274 g/mol. The zero-order valence-electron chi connectivity index (χ0n) is 9.91. The van der Waals surface area contributed by atoms with E-state index in [0.29, 0.717) is 5.02 Å². The Hall–Kier alpha value is -1.81. The number of halogens is 3. The Morgan fingerprint density at radius 3 is 1.79 bits per heavy atom. The summed E-state index contributed by atoms with van der Waals surface area (Å²) in [5.74, 6) is 0.553. The molecule has 0 aliphatic heterocycles. The van der Waals surface area contributed by atoms with E-state index in [9.17, 15) is 8.78 Å². The average molecular weight is 285 g/mol. The molecule has 2 rings (SSSR count). The first kappa shape index (κ1) is 13.6. The molecule has 0 aliphatic carbocycles. The van der Waals surface area contributed by atoms with Gasteiger partial charge in [-0.05, 0) is 35.4 Å². The minimum Gasteiger partial charge on any atom is -0.463 e. The Kier molecular flexibility index (Phi) is 4.58. The first-order valence-electron chi connectivity index (χ1n) is 5.51. The van der Waals surface area contributed by atoms with Gasteiger partial charge in [-0.1, -0.05) is 23.7 Å². The lowest BCUT2D eigenvalue weighted by molar-refractivity contribution is 0.182. The van der Waals surface area contributed by atoms with Crippen LogP contribution in [0.3, 0.4) is 0 Å². The van der Waals surface area contributed by atoms with Crippen LogP contribution in [0, 0.1) is 0 Å². The smallest absolute Gasteiger partial charge is 0.228 e. The van der Waals surface area contributed by atoms with Gasteiger partial charge in [-0.3, -0.25) is 0 Å². The molecule has 0 saturated heterocycles. The van der Waals surface area contributed by atoms with Crippen molar-refractivity contribution in [2.45, 2.75) is 0 Å². The quantitative estimate of drug-likeness (QED) is 0.798. The number of ether oxygens (including phenoxy) is 2. The summed E-state index contributed by atoms with van der Waals surface area (Å²) in [4.78, 5) is 0. The monoisotopic (exact) mass is 284 g/mol. The molecular formula is C14H11ClF2O2. The molecule has 0 radical (unpaired) electrons. The molecule has 100 valence electrons. The maximum Gasteiger partial charge on any atom is 0.228 e. The first-order valence-corrected chi connectivity index (χ1v) is 5.89. The van der Waals surface area contributed by atoms with Crippen molar-refractivity contribution in [2.24, 2.45) is 0 Å². The minimum absolute atomic E-state index is 0.276. The predicted octanol–water partition coefficient (Wildman–Crippen LogP) is 4.62. The zero-order chi connectivity index (χ0) is 13.7. The molecule has 0 amide bonds. The SMILES string of the molecule is FCOc1cc(OCF)cc(-c2ccc(Cl)cc2)c1. The second-order valence-corrected chi connectivity index (χ2v) is 4.14. The lowest BCUT2D eigenvalue weighted by Gasteiger charge is -2.09. The highest BCUT2D eigenvalue weighted by Gasteiger charge is 2.05. The van der Waals surface area contributed by atoms with Gasteiger partial charge >= 0.3 is 0 Å². The van der Waals surface area contributed by atoms with Crippen molar-refractivity contribution in [1.29, 1.82) is 0 Å². The van der Waals surface area contributed by atoms with Gasteiger partial charge in [-0.2, -0.15) is 0 Å². The standard InChI is InChI=1S/C14H11ClF2O2/c15-12-3-1-10(2-4-12)11-5-13(18-8-16)7-14(6-11)19-9-17/h1-7H,8-9H2. The van der Waals surface area contributed by atoms with Crippen LogP contribution in [0.5, 0.6) is 11.5 Å². The fraction of sp³-hybridized carbons (Fsp3) is 0.143. The van der Waals surface area contributed by atoms with Crippen LogP contribution < -0.4 is 9.47 Å². The Morgan fingerprint density at radius 2 is 1.32 bits per heavy atom. The van der Waals surface area contributed by atoms with E-state index < -0.39 is 13.7 Å². The zero-order valence-corrected chi connectivity index (χ0v) is 10.7. The van der Waals surface area contributed by atoms with Gasteiger partial charge in [0.15, 0.2) is 0 Å². The van der Waals surface area contributed by atoms with E-state index in [0.717, 1.165) is 11.1 Å². The third-order valence-electron chi connectivity index (χ3n) is 2.50. The average Bonchev–Trinajstić information content (AvgIpc) is 2.40. The van der Waals surface area contributed by atoms with Crippen LogP contribution in [0.15, 0.2) is 42.5 Å². The van der Waals surface area contributed by atoms with E-state index in [4.69, 9.17) is 21.1 Å². The molecule has 0 aromatic heterocycles. The van der Waals surface area contributed by atoms with Crippen molar-refractivity contribution < 1.29 is 18.3 Å². The van der Waals surface area contributed by atoms with Crippen molar-refractivity contribution in [2.75, 3.05) is 13.7 Å². The van der Waals surface area contributed by atoms with Crippen LogP contribution in [0.2, 0.25) is 5.02 Å². The molecule has 0 aliphatic rings. The molecule has 0 saturated carbocycles. The van der Waals surface area contributed by atoms with Gasteiger partial charge < -0.3 is 9.47 Å². The van der Waals surface area contributed by atoms with E-state index in [2.05, 4.69) is 0 Å². The summed E-state index contributed by atoms with van der Waals surface area (Å²) in [6.07, 6.45) is 0. The molecule has 2 aromatic carbocycles. The van der Waals surface area contributed by atoms with E-state index in [-0.39, 0.29) is 11.5 Å². The van der Waals surface area contributed by atoms with Gasteiger partial charge in [0.1, 0.15) is 11.5 Å². The largest absolute Gasteiger partial charge is 0.463 e. The third kappa shape index (κ3) is 3.58. The lowest BCUT2D eigenvalue weighted by Crippen LogP contribution is -1.94. The summed E-state index contributed by atoms with van der Waals surface area (Å²) in [5, 5.41) is 0.611. The van der Waals surface area contributed by atoms with Gasteiger partial charge in [0, 0.05) is 11.1 Å². The number of hydrogen-bond donors (Lipinski definition) is 0.